The zero-order valence-electron chi connectivity index (χ0n) is 11.4. The lowest BCUT2D eigenvalue weighted by Gasteiger charge is -2.38. The summed E-state index contributed by atoms with van der Waals surface area (Å²) in [5, 5.41) is 13.2. The van der Waals surface area contributed by atoms with Crippen LogP contribution in [0.1, 0.15) is 51.9 Å². The van der Waals surface area contributed by atoms with Gasteiger partial charge in [0.2, 0.25) is 5.91 Å². The Morgan fingerprint density at radius 1 is 1.44 bits per heavy atom. The van der Waals surface area contributed by atoms with Crippen molar-refractivity contribution in [1.82, 2.24) is 10.2 Å². The van der Waals surface area contributed by atoms with Gasteiger partial charge in [0.25, 0.3) is 0 Å². The molecule has 4 heteroatoms. The molecule has 2 saturated heterocycles. The molecule has 4 nitrogen and oxygen atoms in total. The number of rotatable bonds is 5. The van der Waals surface area contributed by atoms with Crippen molar-refractivity contribution >= 4 is 5.91 Å². The predicted octanol–water partition coefficient (Wildman–Crippen LogP) is 1.28. The number of unbranched alkanes of at least 4 members (excludes halogenated alkanes) is 2. The van der Waals surface area contributed by atoms with E-state index in [0.717, 1.165) is 45.2 Å². The lowest BCUT2D eigenvalue weighted by atomic mass is 9.95. The van der Waals surface area contributed by atoms with E-state index in [2.05, 4.69) is 17.1 Å². The summed E-state index contributed by atoms with van der Waals surface area (Å²) in [7, 11) is 0. The molecule has 2 rings (SSSR count). The Morgan fingerprint density at radius 3 is 3.06 bits per heavy atom. The van der Waals surface area contributed by atoms with E-state index in [-0.39, 0.29) is 18.1 Å². The fourth-order valence-electron chi connectivity index (χ4n) is 3.26. The minimum Gasteiger partial charge on any atom is -0.391 e. The Balaban J connectivity index is 1.74. The Kier molecular flexibility index (Phi) is 5.01. The molecule has 0 spiro atoms. The first-order valence-electron chi connectivity index (χ1n) is 7.42. The molecule has 0 saturated carbocycles. The summed E-state index contributed by atoms with van der Waals surface area (Å²) >= 11 is 0. The normalized spacial score (nSPS) is 32.2. The Hall–Kier alpha value is -0.610. The van der Waals surface area contributed by atoms with Gasteiger partial charge in [0, 0.05) is 25.0 Å². The van der Waals surface area contributed by atoms with E-state index < -0.39 is 0 Å². The Morgan fingerprint density at radius 2 is 2.28 bits per heavy atom. The number of fused-ring (bicyclic) bond motifs is 1. The van der Waals surface area contributed by atoms with Crippen molar-refractivity contribution in [3.8, 4) is 0 Å². The van der Waals surface area contributed by atoms with Crippen LogP contribution in [0.25, 0.3) is 0 Å². The fraction of sp³-hybridized carbons (Fsp3) is 0.929. The van der Waals surface area contributed by atoms with Gasteiger partial charge in [-0.1, -0.05) is 19.8 Å². The first kappa shape index (κ1) is 13.8. The molecule has 2 fully saturated rings. The van der Waals surface area contributed by atoms with E-state index in [9.17, 15) is 9.90 Å². The molecule has 3 atom stereocenters. The second kappa shape index (κ2) is 6.53. The van der Waals surface area contributed by atoms with Crippen LogP contribution in [-0.4, -0.2) is 47.2 Å². The molecule has 0 aromatic carbocycles. The first-order chi connectivity index (χ1) is 8.70. The standard InChI is InChI=1S/C14H26N2O2/c1-2-3-4-7-14(18)15-11-9-13(17)12-6-5-8-16(12)10-11/h11-13,17H,2-10H2,1H3,(H,15,18). The molecule has 3 unspecified atom stereocenters. The molecule has 0 radical (unpaired) electrons. The van der Waals surface area contributed by atoms with Gasteiger partial charge < -0.3 is 10.4 Å². The molecule has 104 valence electrons. The van der Waals surface area contributed by atoms with Crippen molar-refractivity contribution in [2.45, 2.75) is 70.1 Å². The summed E-state index contributed by atoms with van der Waals surface area (Å²) < 4.78 is 0. The van der Waals surface area contributed by atoms with Gasteiger partial charge in [-0.05, 0) is 32.2 Å². The molecular formula is C14H26N2O2. The quantitative estimate of drug-likeness (QED) is 0.727. The smallest absolute Gasteiger partial charge is 0.220 e. The number of carbonyl (C=O) groups excluding carboxylic acids is 1. The van der Waals surface area contributed by atoms with Gasteiger partial charge in [0.1, 0.15) is 0 Å². The van der Waals surface area contributed by atoms with E-state index in [1.165, 1.54) is 6.42 Å². The van der Waals surface area contributed by atoms with E-state index in [0.29, 0.717) is 12.5 Å². The van der Waals surface area contributed by atoms with Gasteiger partial charge in [-0.25, -0.2) is 0 Å². The second-order valence-electron chi connectivity index (χ2n) is 5.73. The summed E-state index contributed by atoms with van der Waals surface area (Å²) in [6, 6.07) is 0.488. The van der Waals surface area contributed by atoms with Crippen LogP contribution < -0.4 is 5.32 Å². The maximum atomic E-state index is 11.8. The van der Waals surface area contributed by atoms with E-state index in [4.69, 9.17) is 0 Å². The average molecular weight is 254 g/mol. The van der Waals surface area contributed by atoms with Crippen molar-refractivity contribution in [2.24, 2.45) is 0 Å². The van der Waals surface area contributed by atoms with Crippen molar-refractivity contribution in [1.29, 1.82) is 0 Å². The topological polar surface area (TPSA) is 52.6 Å². The third kappa shape index (κ3) is 3.45. The minimum atomic E-state index is -0.262. The molecular weight excluding hydrogens is 228 g/mol. The number of carbonyl (C=O) groups is 1. The van der Waals surface area contributed by atoms with Crippen LogP contribution in [0.3, 0.4) is 0 Å². The first-order valence-corrected chi connectivity index (χ1v) is 7.42. The summed E-state index contributed by atoms with van der Waals surface area (Å²) in [5.41, 5.74) is 0. The number of hydrogen-bond acceptors (Lipinski definition) is 3. The van der Waals surface area contributed by atoms with Gasteiger partial charge in [0.05, 0.1) is 6.10 Å². The average Bonchev–Trinajstić information content (AvgIpc) is 2.78. The zero-order valence-corrected chi connectivity index (χ0v) is 11.4. The van der Waals surface area contributed by atoms with Gasteiger partial charge in [-0.2, -0.15) is 0 Å². The van der Waals surface area contributed by atoms with Crippen LogP contribution in [0.15, 0.2) is 0 Å². The van der Waals surface area contributed by atoms with E-state index in [1.54, 1.807) is 0 Å². The molecule has 2 heterocycles. The summed E-state index contributed by atoms with van der Waals surface area (Å²) in [6.45, 7) is 4.13. The van der Waals surface area contributed by atoms with Crippen LogP contribution in [0.5, 0.6) is 0 Å². The largest absolute Gasteiger partial charge is 0.391 e. The van der Waals surface area contributed by atoms with Gasteiger partial charge >= 0.3 is 0 Å². The molecule has 2 aliphatic heterocycles. The van der Waals surface area contributed by atoms with Gasteiger partial charge in [0.15, 0.2) is 0 Å². The summed E-state index contributed by atoms with van der Waals surface area (Å²) in [4.78, 5) is 14.1. The van der Waals surface area contributed by atoms with Crippen LogP contribution in [-0.2, 0) is 4.79 Å². The molecule has 2 aliphatic rings. The van der Waals surface area contributed by atoms with E-state index in [1.807, 2.05) is 0 Å². The molecule has 18 heavy (non-hydrogen) atoms. The Labute approximate surface area is 110 Å². The maximum Gasteiger partial charge on any atom is 0.220 e. The number of hydrogen-bond donors (Lipinski definition) is 2. The molecule has 2 N–H and O–H groups in total. The van der Waals surface area contributed by atoms with Crippen LogP contribution in [0.4, 0.5) is 0 Å². The number of aliphatic hydroxyl groups excluding tert-OH is 1. The summed E-state index contributed by atoms with van der Waals surface area (Å²) in [6.07, 6.45) is 6.62. The number of amides is 1. The zero-order chi connectivity index (χ0) is 13.0. The molecule has 0 aromatic heterocycles. The van der Waals surface area contributed by atoms with Crippen molar-refractivity contribution in [2.75, 3.05) is 13.1 Å². The lowest BCUT2D eigenvalue weighted by Crippen LogP contribution is -2.55. The highest BCUT2D eigenvalue weighted by Crippen LogP contribution is 2.27. The Bertz CT molecular complexity index is 283. The van der Waals surface area contributed by atoms with Gasteiger partial charge in [-0.3, -0.25) is 9.69 Å². The third-order valence-corrected chi connectivity index (χ3v) is 4.21. The van der Waals surface area contributed by atoms with Crippen molar-refractivity contribution in [3.63, 3.8) is 0 Å². The number of nitrogens with zero attached hydrogens (tertiary/aromatic N) is 1. The monoisotopic (exact) mass is 254 g/mol. The second-order valence-corrected chi connectivity index (χ2v) is 5.73. The number of aliphatic hydroxyl groups is 1. The van der Waals surface area contributed by atoms with Crippen LogP contribution in [0.2, 0.25) is 0 Å². The predicted molar refractivity (Wildman–Crippen MR) is 71.3 cm³/mol. The number of nitrogens with one attached hydrogen (secondary N) is 1. The van der Waals surface area contributed by atoms with Gasteiger partial charge in [-0.15, -0.1) is 0 Å². The minimum absolute atomic E-state index is 0.142. The number of piperidine rings is 1. The summed E-state index contributed by atoms with van der Waals surface area (Å²) in [5.74, 6) is 0.151. The maximum absolute atomic E-state index is 11.8. The lowest BCUT2D eigenvalue weighted by molar-refractivity contribution is -0.122. The highest BCUT2D eigenvalue weighted by Gasteiger charge is 2.37. The molecule has 0 aliphatic carbocycles. The third-order valence-electron chi connectivity index (χ3n) is 4.21. The molecule has 0 bridgehead atoms. The SMILES string of the molecule is CCCCCC(=O)NC1CC(O)C2CCCN2C1. The van der Waals surface area contributed by atoms with Crippen molar-refractivity contribution in [3.05, 3.63) is 0 Å². The molecule has 1 amide bonds. The van der Waals surface area contributed by atoms with Crippen LogP contribution >= 0.6 is 0 Å². The molecule has 0 aromatic rings. The van der Waals surface area contributed by atoms with Crippen LogP contribution in [0, 0.1) is 0 Å². The fourth-order valence-corrected chi connectivity index (χ4v) is 3.26. The van der Waals surface area contributed by atoms with Crippen molar-refractivity contribution < 1.29 is 9.90 Å². The highest BCUT2D eigenvalue weighted by molar-refractivity contribution is 5.76. The van der Waals surface area contributed by atoms with E-state index >= 15 is 0 Å². The highest BCUT2D eigenvalue weighted by atomic mass is 16.3.